The van der Waals surface area contributed by atoms with Crippen LogP contribution in [0.2, 0.25) is 0 Å². The molecule has 1 aliphatic carbocycles. The zero-order chi connectivity index (χ0) is 17.8. The van der Waals surface area contributed by atoms with Crippen LogP contribution in [0.3, 0.4) is 0 Å². The second-order valence-electron chi connectivity index (χ2n) is 6.97. The first-order chi connectivity index (χ1) is 11.3. The van der Waals surface area contributed by atoms with E-state index in [9.17, 15) is 14.4 Å². The third-order valence-corrected chi connectivity index (χ3v) is 5.52. The molecule has 1 saturated heterocycles. The average molecular weight is 330 g/mol. The maximum Gasteiger partial charge on any atom is 0.325 e. The van der Waals surface area contributed by atoms with E-state index in [4.69, 9.17) is 9.47 Å². The highest BCUT2D eigenvalue weighted by atomic mass is 16.6. The topological polar surface area (TPSA) is 69.7 Å². The van der Waals surface area contributed by atoms with E-state index >= 15 is 0 Å². The quantitative estimate of drug-likeness (QED) is 0.472. The Morgan fingerprint density at radius 3 is 2.33 bits per heavy atom. The summed E-state index contributed by atoms with van der Waals surface area (Å²) in [5, 5.41) is 0. The van der Waals surface area contributed by atoms with Crippen LogP contribution >= 0.6 is 0 Å². The van der Waals surface area contributed by atoms with E-state index in [1.165, 1.54) is 0 Å². The Balaban J connectivity index is 2.15. The van der Waals surface area contributed by atoms with Gasteiger partial charge in [-0.3, -0.25) is 14.4 Å². The summed E-state index contributed by atoms with van der Waals surface area (Å²) in [6.07, 6.45) is 0.378. The van der Waals surface area contributed by atoms with Gasteiger partial charge in [-0.25, -0.2) is 0 Å². The van der Waals surface area contributed by atoms with Gasteiger partial charge in [0.05, 0.1) is 12.0 Å². The Labute approximate surface area is 141 Å². The van der Waals surface area contributed by atoms with Crippen molar-refractivity contribution in [3.05, 3.63) is 35.9 Å². The van der Waals surface area contributed by atoms with E-state index in [0.29, 0.717) is 12.0 Å². The summed E-state index contributed by atoms with van der Waals surface area (Å²) < 4.78 is 10.6. The molecule has 5 heteroatoms. The van der Waals surface area contributed by atoms with Gasteiger partial charge in [0.1, 0.15) is 5.60 Å². The molecule has 0 bridgehead atoms. The van der Waals surface area contributed by atoms with E-state index in [0.717, 1.165) is 0 Å². The number of cyclic esters (lactones) is 1. The maximum atomic E-state index is 13.3. The monoisotopic (exact) mass is 330 g/mol. The van der Waals surface area contributed by atoms with Gasteiger partial charge in [-0.15, -0.1) is 0 Å². The molecule has 0 unspecified atom stereocenters. The molecule has 0 radical (unpaired) electrons. The summed E-state index contributed by atoms with van der Waals surface area (Å²) in [4.78, 5) is 38.8. The first-order valence-electron chi connectivity index (χ1n) is 8.31. The van der Waals surface area contributed by atoms with Crippen molar-refractivity contribution in [1.82, 2.24) is 0 Å². The summed E-state index contributed by atoms with van der Waals surface area (Å²) in [7, 11) is 0. The van der Waals surface area contributed by atoms with Gasteiger partial charge in [0.2, 0.25) is 0 Å². The Bertz CT molecular complexity index is 708. The van der Waals surface area contributed by atoms with E-state index in [-0.39, 0.29) is 12.4 Å². The third-order valence-electron chi connectivity index (χ3n) is 5.52. The lowest BCUT2D eigenvalue weighted by molar-refractivity contribution is -0.166. The van der Waals surface area contributed by atoms with Crippen molar-refractivity contribution in [3.8, 4) is 0 Å². The van der Waals surface area contributed by atoms with Crippen molar-refractivity contribution >= 4 is 17.7 Å². The number of fused-ring (bicyclic) bond motifs is 1. The molecule has 1 saturated carbocycles. The summed E-state index contributed by atoms with van der Waals surface area (Å²) >= 11 is 0. The van der Waals surface area contributed by atoms with Crippen LogP contribution in [-0.4, -0.2) is 29.9 Å². The minimum Gasteiger partial charge on any atom is -0.465 e. The van der Waals surface area contributed by atoms with Gasteiger partial charge in [-0.1, -0.05) is 37.3 Å². The predicted molar refractivity (Wildman–Crippen MR) is 86.2 cm³/mol. The summed E-state index contributed by atoms with van der Waals surface area (Å²) in [5.74, 6) is -1.98. The van der Waals surface area contributed by atoms with Crippen LogP contribution < -0.4 is 0 Å². The molecule has 1 aromatic rings. The molecule has 2 aliphatic rings. The molecule has 2 fully saturated rings. The molecule has 0 spiro atoms. The molecule has 1 aliphatic heterocycles. The van der Waals surface area contributed by atoms with Crippen molar-refractivity contribution in [2.45, 2.75) is 39.7 Å². The maximum absolute atomic E-state index is 13.3. The van der Waals surface area contributed by atoms with Gasteiger partial charge in [0.25, 0.3) is 0 Å². The normalized spacial score (nSPS) is 32.7. The van der Waals surface area contributed by atoms with Gasteiger partial charge in [-0.2, -0.15) is 0 Å². The molecule has 5 nitrogen and oxygen atoms in total. The van der Waals surface area contributed by atoms with Gasteiger partial charge in [0, 0.05) is 11.5 Å². The molecule has 3 atom stereocenters. The summed E-state index contributed by atoms with van der Waals surface area (Å²) in [5.41, 5.74) is -3.00. The molecule has 24 heavy (non-hydrogen) atoms. The first kappa shape index (κ1) is 16.7. The largest absolute Gasteiger partial charge is 0.465 e. The minimum absolute atomic E-state index is 0.153. The van der Waals surface area contributed by atoms with Crippen LogP contribution in [-0.2, 0) is 19.1 Å². The number of benzene rings is 1. The van der Waals surface area contributed by atoms with E-state index in [1.54, 1.807) is 45.0 Å². The highest BCUT2D eigenvalue weighted by Gasteiger charge is 2.95. The number of Topliss-reactive ketones (excluding diaryl/α,β-unsaturated/α-hetero) is 1. The van der Waals surface area contributed by atoms with Crippen molar-refractivity contribution in [1.29, 1.82) is 0 Å². The van der Waals surface area contributed by atoms with E-state index < -0.39 is 34.3 Å². The van der Waals surface area contributed by atoms with Gasteiger partial charge in [-0.05, 0) is 27.2 Å². The molecule has 1 aromatic carbocycles. The number of hydrogen-bond donors (Lipinski definition) is 0. The van der Waals surface area contributed by atoms with Crippen molar-refractivity contribution in [3.63, 3.8) is 0 Å². The predicted octanol–water partition coefficient (Wildman–Crippen LogP) is 2.78. The number of esters is 2. The van der Waals surface area contributed by atoms with Crippen LogP contribution in [0, 0.1) is 16.7 Å². The fourth-order valence-electron chi connectivity index (χ4n) is 4.76. The fourth-order valence-corrected chi connectivity index (χ4v) is 4.76. The fraction of sp³-hybridized carbons (Fsp3) is 0.526. The van der Waals surface area contributed by atoms with Gasteiger partial charge in [0.15, 0.2) is 11.2 Å². The number of ether oxygens (including phenoxy) is 2. The molecule has 0 aromatic heterocycles. The molecule has 1 heterocycles. The Kier molecular flexibility index (Phi) is 3.59. The molecule has 0 amide bonds. The Morgan fingerprint density at radius 2 is 1.79 bits per heavy atom. The summed E-state index contributed by atoms with van der Waals surface area (Å²) in [6, 6.07) is 8.79. The second kappa shape index (κ2) is 5.16. The lowest BCUT2D eigenvalue weighted by Crippen LogP contribution is -2.40. The zero-order valence-electron chi connectivity index (χ0n) is 14.4. The molecule has 3 rings (SSSR count). The van der Waals surface area contributed by atoms with Crippen LogP contribution in [0.4, 0.5) is 0 Å². The molecular formula is C19H22O5. The van der Waals surface area contributed by atoms with Crippen LogP contribution in [0.15, 0.2) is 30.3 Å². The highest BCUT2D eigenvalue weighted by Crippen LogP contribution is 2.80. The van der Waals surface area contributed by atoms with Crippen molar-refractivity contribution in [2.24, 2.45) is 16.7 Å². The standard InChI is InChI=1S/C19H22O5/c1-5-18(13(20)12-10-8-7-9-11-12)14-17(3,4)24-16(22)19(14,18)15(21)23-6-2/h7-11,14H,5-6H2,1-4H3/t14-,18-,19+/m1/s1. The number of rotatable bonds is 5. The van der Waals surface area contributed by atoms with E-state index in [1.807, 2.05) is 13.0 Å². The molecule has 0 N–H and O–H groups in total. The molecular weight excluding hydrogens is 308 g/mol. The number of ketones is 1. The van der Waals surface area contributed by atoms with E-state index in [2.05, 4.69) is 0 Å². The van der Waals surface area contributed by atoms with Crippen molar-refractivity contribution in [2.75, 3.05) is 6.61 Å². The summed E-state index contributed by atoms with van der Waals surface area (Å²) in [6.45, 7) is 7.19. The average Bonchev–Trinajstić information content (AvgIpc) is 3.15. The van der Waals surface area contributed by atoms with Crippen LogP contribution in [0.25, 0.3) is 0 Å². The lowest BCUT2D eigenvalue weighted by atomic mass is 9.81. The third kappa shape index (κ3) is 1.73. The Morgan fingerprint density at radius 1 is 1.17 bits per heavy atom. The Hall–Kier alpha value is -2.17. The van der Waals surface area contributed by atoms with Gasteiger partial charge < -0.3 is 9.47 Å². The SMILES string of the molecule is CCOC(=O)[C@]12C(=O)OC(C)(C)[C@@H]1[C@@]2(CC)C(=O)c1ccccc1. The zero-order valence-corrected chi connectivity index (χ0v) is 14.4. The second-order valence-corrected chi connectivity index (χ2v) is 6.97. The number of carbonyl (C=O) groups excluding carboxylic acids is 3. The number of carbonyl (C=O) groups is 3. The van der Waals surface area contributed by atoms with Gasteiger partial charge >= 0.3 is 11.9 Å². The molecule has 128 valence electrons. The van der Waals surface area contributed by atoms with Crippen molar-refractivity contribution < 1.29 is 23.9 Å². The first-order valence-corrected chi connectivity index (χ1v) is 8.31. The minimum atomic E-state index is -1.52. The smallest absolute Gasteiger partial charge is 0.325 e. The lowest BCUT2D eigenvalue weighted by Gasteiger charge is -2.28. The van der Waals surface area contributed by atoms with Crippen LogP contribution in [0.1, 0.15) is 44.5 Å². The van der Waals surface area contributed by atoms with Crippen LogP contribution in [0.5, 0.6) is 0 Å². The number of hydrogen-bond acceptors (Lipinski definition) is 5. The highest BCUT2D eigenvalue weighted by molar-refractivity contribution is 6.19.